The summed E-state index contributed by atoms with van der Waals surface area (Å²) in [6, 6.07) is 16.2. The van der Waals surface area contributed by atoms with E-state index in [4.69, 9.17) is 4.74 Å². The molecule has 4 rings (SSSR count). The number of benzene rings is 2. The summed E-state index contributed by atoms with van der Waals surface area (Å²) in [5.74, 6) is 0.875. The zero-order chi connectivity index (χ0) is 17.9. The number of amides is 1. The predicted octanol–water partition coefficient (Wildman–Crippen LogP) is 3.80. The van der Waals surface area contributed by atoms with Crippen molar-refractivity contribution < 1.29 is 14.6 Å². The van der Waals surface area contributed by atoms with Crippen molar-refractivity contribution in [2.24, 2.45) is 0 Å². The van der Waals surface area contributed by atoms with Gasteiger partial charge in [0, 0.05) is 19.3 Å². The normalized spacial score (nSPS) is 14.1. The highest BCUT2D eigenvalue weighted by Gasteiger charge is 2.20. The zero-order valence-electron chi connectivity index (χ0n) is 14.6. The number of nitrogens with zero attached hydrogens (tertiary/aromatic N) is 2. The molecule has 1 aromatic heterocycles. The van der Waals surface area contributed by atoms with Gasteiger partial charge in [-0.1, -0.05) is 30.3 Å². The van der Waals surface area contributed by atoms with Crippen molar-refractivity contribution >= 4 is 17.0 Å². The van der Waals surface area contributed by atoms with Crippen LogP contribution >= 0.6 is 0 Å². The second-order valence-corrected chi connectivity index (χ2v) is 6.58. The number of fused-ring (bicyclic) bond motifs is 3. The molecule has 134 valence electrons. The highest BCUT2D eigenvalue weighted by Crippen LogP contribution is 2.27. The van der Waals surface area contributed by atoms with Crippen molar-refractivity contribution in [3.05, 3.63) is 65.9 Å². The quantitative estimate of drug-likeness (QED) is 0.779. The van der Waals surface area contributed by atoms with E-state index in [2.05, 4.69) is 29.0 Å². The summed E-state index contributed by atoms with van der Waals surface area (Å²) in [6.45, 7) is 2.47. The van der Waals surface area contributed by atoms with Gasteiger partial charge in [-0.25, -0.2) is 4.79 Å². The van der Waals surface area contributed by atoms with Gasteiger partial charge >= 0.3 is 6.09 Å². The van der Waals surface area contributed by atoms with Crippen LogP contribution in [0.5, 0.6) is 5.75 Å². The second-order valence-electron chi connectivity index (χ2n) is 6.58. The highest BCUT2D eigenvalue weighted by atomic mass is 16.5. The first-order valence-electron chi connectivity index (χ1n) is 8.98. The first-order chi connectivity index (χ1) is 12.7. The molecule has 0 atom stereocenters. The van der Waals surface area contributed by atoms with Crippen LogP contribution in [0.1, 0.15) is 11.1 Å². The minimum absolute atomic E-state index is 0.549. The molecule has 5 nitrogen and oxygen atoms in total. The fourth-order valence-electron chi connectivity index (χ4n) is 3.70. The van der Waals surface area contributed by atoms with E-state index >= 15 is 0 Å². The first kappa shape index (κ1) is 16.5. The Hall–Kier alpha value is -2.95. The molecular formula is C21H22N2O3. The Morgan fingerprint density at radius 2 is 1.85 bits per heavy atom. The molecule has 0 fully saturated rings. The maximum Gasteiger partial charge on any atom is 0.407 e. The van der Waals surface area contributed by atoms with Gasteiger partial charge in [0.2, 0.25) is 0 Å². The third-order valence-electron chi connectivity index (χ3n) is 5.03. The lowest BCUT2D eigenvalue weighted by Gasteiger charge is -2.15. The van der Waals surface area contributed by atoms with E-state index in [0.717, 1.165) is 25.1 Å². The molecule has 1 aliphatic heterocycles. The van der Waals surface area contributed by atoms with Crippen LogP contribution in [0.15, 0.2) is 54.7 Å². The Balaban J connectivity index is 1.56. The molecule has 0 aliphatic carbocycles. The molecule has 2 heterocycles. The van der Waals surface area contributed by atoms with Crippen LogP contribution in [0, 0.1) is 0 Å². The van der Waals surface area contributed by atoms with Crippen LogP contribution < -0.4 is 4.74 Å². The molecule has 0 bridgehead atoms. The van der Waals surface area contributed by atoms with Crippen LogP contribution in [-0.4, -0.2) is 40.4 Å². The van der Waals surface area contributed by atoms with E-state index in [1.165, 1.54) is 26.9 Å². The lowest BCUT2D eigenvalue weighted by molar-refractivity contribution is 0.147. The van der Waals surface area contributed by atoms with Gasteiger partial charge in [-0.05, 0) is 47.6 Å². The van der Waals surface area contributed by atoms with Gasteiger partial charge < -0.3 is 19.3 Å². The van der Waals surface area contributed by atoms with Crippen LogP contribution in [0.3, 0.4) is 0 Å². The van der Waals surface area contributed by atoms with Gasteiger partial charge in [0.05, 0.1) is 12.1 Å². The Kier molecular flexibility index (Phi) is 4.52. The number of ether oxygens (including phenoxy) is 1. The lowest BCUT2D eigenvalue weighted by Crippen LogP contribution is -2.31. The number of carboxylic acid groups (broad SMARTS) is 1. The van der Waals surface area contributed by atoms with Gasteiger partial charge in [0.15, 0.2) is 0 Å². The molecule has 26 heavy (non-hydrogen) atoms. The summed E-state index contributed by atoms with van der Waals surface area (Å²) in [7, 11) is 0. The molecule has 1 aliphatic rings. The Labute approximate surface area is 152 Å². The van der Waals surface area contributed by atoms with E-state index in [1.54, 1.807) is 0 Å². The zero-order valence-corrected chi connectivity index (χ0v) is 14.6. The number of hydrogen-bond donors (Lipinski definition) is 1. The van der Waals surface area contributed by atoms with Gasteiger partial charge in [-0.3, -0.25) is 0 Å². The number of rotatable bonds is 4. The maximum atomic E-state index is 11.3. The standard InChI is InChI=1S/C21H22N2O3/c24-21(25)23-12-8-16-6-7-17-9-11-22(20(17)19(16)10-13-23)14-15-26-18-4-2-1-3-5-18/h1-7,9,11H,8,10,12-15H2,(H,24,25). The van der Waals surface area contributed by atoms with Crippen molar-refractivity contribution in [2.45, 2.75) is 19.4 Å². The molecule has 1 N–H and O–H groups in total. The van der Waals surface area contributed by atoms with E-state index in [1.807, 2.05) is 30.3 Å². The van der Waals surface area contributed by atoms with Gasteiger partial charge in [-0.15, -0.1) is 0 Å². The van der Waals surface area contributed by atoms with Crippen LogP contribution in [0.4, 0.5) is 4.79 Å². The fourth-order valence-corrected chi connectivity index (χ4v) is 3.70. The average molecular weight is 350 g/mol. The third-order valence-corrected chi connectivity index (χ3v) is 5.03. The van der Waals surface area contributed by atoms with Gasteiger partial charge in [0.25, 0.3) is 0 Å². The van der Waals surface area contributed by atoms with Gasteiger partial charge in [0.1, 0.15) is 12.4 Å². The monoisotopic (exact) mass is 350 g/mol. The molecule has 0 saturated carbocycles. The van der Waals surface area contributed by atoms with E-state index < -0.39 is 6.09 Å². The molecule has 0 spiro atoms. The van der Waals surface area contributed by atoms with E-state index in [9.17, 15) is 9.90 Å². The third kappa shape index (κ3) is 3.25. The Morgan fingerprint density at radius 3 is 2.65 bits per heavy atom. The van der Waals surface area contributed by atoms with Crippen LogP contribution in [-0.2, 0) is 19.4 Å². The maximum absolute atomic E-state index is 11.3. The summed E-state index contributed by atoms with van der Waals surface area (Å²) in [5.41, 5.74) is 3.74. The Morgan fingerprint density at radius 1 is 1.04 bits per heavy atom. The van der Waals surface area contributed by atoms with Crippen LogP contribution in [0.2, 0.25) is 0 Å². The molecule has 5 heteroatoms. The summed E-state index contributed by atoms with van der Waals surface area (Å²) in [6.07, 6.45) is 2.78. The molecule has 0 unspecified atom stereocenters. The molecule has 0 radical (unpaired) electrons. The summed E-state index contributed by atoms with van der Waals surface area (Å²) < 4.78 is 8.07. The largest absolute Gasteiger partial charge is 0.492 e. The highest BCUT2D eigenvalue weighted by molar-refractivity contribution is 5.85. The second kappa shape index (κ2) is 7.12. The first-order valence-corrected chi connectivity index (χ1v) is 8.98. The molecule has 0 saturated heterocycles. The van der Waals surface area contributed by atoms with Crippen molar-refractivity contribution in [3.8, 4) is 5.75 Å². The predicted molar refractivity (Wildman–Crippen MR) is 101 cm³/mol. The van der Waals surface area contributed by atoms with Gasteiger partial charge in [-0.2, -0.15) is 0 Å². The summed E-state index contributed by atoms with van der Waals surface area (Å²) in [5, 5.41) is 10.5. The fraction of sp³-hybridized carbons (Fsp3) is 0.286. The van der Waals surface area contributed by atoms with Crippen molar-refractivity contribution in [3.63, 3.8) is 0 Å². The topological polar surface area (TPSA) is 54.7 Å². The number of para-hydroxylation sites is 1. The van der Waals surface area contributed by atoms with Crippen molar-refractivity contribution in [1.82, 2.24) is 9.47 Å². The SMILES string of the molecule is O=C(O)N1CCc2ccc3ccn(CCOc4ccccc4)c3c2CC1. The minimum Gasteiger partial charge on any atom is -0.492 e. The summed E-state index contributed by atoms with van der Waals surface area (Å²) >= 11 is 0. The smallest absolute Gasteiger partial charge is 0.407 e. The number of aromatic nitrogens is 1. The molecular weight excluding hydrogens is 328 g/mol. The number of hydrogen-bond acceptors (Lipinski definition) is 2. The van der Waals surface area contributed by atoms with Crippen molar-refractivity contribution in [2.75, 3.05) is 19.7 Å². The van der Waals surface area contributed by atoms with E-state index in [0.29, 0.717) is 19.7 Å². The van der Waals surface area contributed by atoms with E-state index in [-0.39, 0.29) is 0 Å². The average Bonchev–Trinajstić information content (AvgIpc) is 2.93. The molecule has 3 aromatic rings. The Bertz CT molecular complexity index is 918. The summed E-state index contributed by atoms with van der Waals surface area (Å²) in [4.78, 5) is 12.8. The minimum atomic E-state index is -0.833. The molecule has 1 amide bonds. The van der Waals surface area contributed by atoms with Crippen LogP contribution in [0.25, 0.3) is 10.9 Å². The molecule has 2 aromatic carbocycles. The lowest BCUT2D eigenvalue weighted by atomic mass is 10.00. The van der Waals surface area contributed by atoms with Crippen molar-refractivity contribution in [1.29, 1.82) is 0 Å². The number of carbonyl (C=O) groups is 1.